The summed E-state index contributed by atoms with van der Waals surface area (Å²) in [5.41, 5.74) is 3.13. The van der Waals surface area contributed by atoms with Gasteiger partial charge in [0.2, 0.25) is 0 Å². The average Bonchev–Trinajstić information content (AvgIpc) is 3.15. The molecule has 0 fully saturated rings. The number of para-hydroxylation sites is 1. The molecule has 1 heterocycles. The lowest BCUT2D eigenvalue weighted by Gasteiger charge is -2.14. The number of nitrogens with zero attached hydrogens (tertiary/aromatic N) is 2. The average molecular weight is 376 g/mol. The van der Waals surface area contributed by atoms with Crippen molar-refractivity contribution in [3.8, 4) is 11.5 Å². The summed E-state index contributed by atoms with van der Waals surface area (Å²) in [5.74, 6) is -0.108. The van der Waals surface area contributed by atoms with Gasteiger partial charge in [0.15, 0.2) is 0 Å². The predicted octanol–water partition coefficient (Wildman–Crippen LogP) is 4.89. The lowest BCUT2D eigenvalue weighted by atomic mass is 9.91. The fourth-order valence-electron chi connectivity index (χ4n) is 2.96. The third-order valence-electron chi connectivity index (χ3n) is 4.30. The first-order chi connectivity index (χ1) is 13.2. The van der Waals surface area contributed by atoms with Crippen molar-refractivity contribution in [2.45, 2.75) is 12.3 Å². The number of rotatable bonds is 6. The molecule has 0 aliphatic carbocycles. The molecule has 1 atom stereocenters. The Bertz CT molecular complexity index is 1080. The van der Waals surface area contributed by atoms with Crippen LogP contribution in [-0.4, -0.2) is 19.8 Å². The van der Waals surface area contributed by atoms with Crippen molar-refractivity contribution in [3.63, 3.8) is 0 Å². The van der Waals surface area contributed by atoms with Crippen LogP contribution in [0.4, 0.5) is 0 Å². The fraction of sp³-hybridized carbons (Fsp3) is 0.0952. The van der Waals surface area contributed by atoms with Crippen LogP contribution in [0.3, 0.4) is 0 Å². The number of fused-ring (bicyclic) bond motifs is 1. The molecule has 4 aromatic rings. The molecule has 0 saturated heterocycles. The minimum absolute atomic E-state index is 0.365. The number of ether oxygens (including phenoxy) is 1. The summed E-state index contributed by atoms with van der Waals surface area (Å²) in [6.45, 7) is 0. The van der Waals surface area contributed by atoms with Crippen molar-refractivity contribution in [3.05, 3.63) is 83.9 Å². The molecule has 5 nitrogen and oxygen atoms in total. The zero-order valence-corrected chi connectivity index (χ0v) is 15.1. The summed E-state index contributed by atoms with van der Waals surface area (Å²) in [5, 5.41) is 9.75. The summed E-state index contributed by atoms with van der Waals surface area (Å²) >= 11 is 1.12. The van der Waals surface area contributed by atoms with Gasteiger partial charge < -0.3 is 9.84 Å². The third-order valence-corrected chi connectivity index (χ3v) is 4.85. The van der Waals surface area contributed by atoms with Crippen LogP contribution in [0.2, 0.25) is 0 Å². The number of aliphatic carboxylic acids is 1. The highest BCUT2D eigenvalue weighted by molar-refractivity contribution is 7.00. The molecular formula is C21H16N2O3S. The van der Waals surface area contributed by atoms with Crippen LogP contribution in [0.15, 0.2) is 72.8 Å². The number of hydrogen-bond acceptors (Lipinski definition) is 5. The minimum Gasteiger partial charge on any atom is -0.481 e. The van der Waals surface area contributed by atoms with E-state index in [1.54, 1.807) is 0 Å². The zero-order valence-electron chi connectivity index (χ0n) is 14.3. The van der Waals surface area contributed by atoms with Gasteiger partial charge in [-0.05, 0) is 53.9 Å². The van der Waals surface area contributed by atoms with Crippen LogP contribution in [0.1, 0.15) is 17.0 Å². The summed E-state index contributed by atoms with van der Waals surface area (Å²) in [6, 6.07) is 22.5. The smallest absolute Gasteiger partial charge is 0.311 e. The third kappa shape index (κ3) is 3.96. The molecule has 27 heavy (non-hydrogen) atoms. The molecular weight excluding hydrogens is 360 g/mol. The SMILES string of the molecule is O=C(O)C(Cc1cccc(Oc2ccccc2)c1)c1ccc2nsnc2c1. The standard InChI is InChI=1S/C21H16N2O3S/c24-21(25)18(15-9-10-19-20(13-15)23-27-22-19)12-14-5-4-8-17(11-14)26-16-6-2-1-3-7-16/h1-11,13,18H,12H2,(H,24,25). The Morgan fingerprint density at radius 2 is 1.70 bits per heavy atom. The van der Waals surface area contributed by atoms with Gasteiger partial charge in [0, 0.05) is 0 Å². The second-order valence-electron chi connectivity index (χ2n) is 6.17. The van der Waals surface area contributed by atoms with Crippen LogP contribution >= 0.6 is 11.7 Å². The van der Waals surface area contributed by atoms with Gasteiger partial charge in [0.1, 0.15) is 22.5 Å². The van der Waals surface area contributed by atoms with Crippen LogP contribution in [0.25, 0.3) is 11.0 Å². The van der Waals surface area contributed by atoms with E-state index in [0.717, 1.165) is 39.6 Å². The monoisotopic (exact) mass is 376 g/mol. The Morgan fingerprint density at radius 1 is 0.926 bits per heavy atom. The van der Waals surface area contributed by atoms with Crippen molar-refractivity contribution < 1.29 is 14.6 Å². The summed E-state index contributed by atoms with van der Waals surface area (Å²) in [6.07, 6.45) is 0.365. The van der Waals surface area contributed by atoms with E-state index in [4.69, 9.17) is 4.74 Å². The maximum Gasteiger partial charge on any atom is 0.311 e. The Kier molecular flexibility index (Phi) is 4.80. The van der Waals surface area contributed by atoms with Gasteiger partial charge in [-0.25, -0.2) is 0 Å². The second-order valence-corrected chi connectivity index (χ2v) is 6.70. The summed E-state index contributed by atoms with van der Waals surface area (Å²) < 4.78 is 14.2. The first-order valence-electron chi connectivity index (χ1n) is 8.46. The number of carbonyl (C=O) groups is 1. The molecule has 0 aliphatic rings. The van der Waals surface area contributed by atoms with E-state index in [1.807, 2.05) is 72.8 Å². The molecule has 4 rings (SSSR count). The van der Waals surface area contributed by atoms with E-state index in [0.29, 0.717) is 12.2 Å². The van der Waals surface area contributed by atoms with Gasteiger partial charge in [0.05, 0.1) is 17.6 Å². The Morgan fingerprint density at radius 3 is 2.52 bits per heavy atom. The predicted molar refractivity (Wildman–Crippen MR) is 104 cm³/mol. The van der Waals surface area contributed by atoms with Crippen molar-refractivity contribution >= 4 is 28.7 Å². The number of aromatic nitrogens is 2. The maximum absolute atomic E-state index is 11.9. The van der Waals surface area contributed by atoms with Crippen LogP contribution in [0.5, 0.6) is 11.5 Å². The molecule has 1 N–H and O–H groups in total. The molecule has 1 aromatic heterocycles. The van der Waals surface area contributed by atoms with Crippen molar-refractivity contribution in [2.24, 2.45) is 0 Å². The Hall–Kier alpha value is -3.25. The van der Waals surface area contributed by atoms with Gasteiger partial charge in [-0.1, -0.05) is 36.4 Å². The molecule has 0 saturated carbocycles. The molecule has 1 unspecified atom stereocenters. The van der Waals surface area contributed by atoms with Gasteiger partial charge in [-0.2, -0.15) is 8.75 Å². The Labute approximate surface area is 160 Å². The number of carboxylic acids is 1. The second kappa shape index (κ2) is 7.55. The molecule has 0 aliphatic heterocycles. The van der Waals surface area contributed by atoms with Gasteiger partial charge >= 0.3 is 5.97 Å². The van der Waals surface area contributed by atoms with Crippen LogP contribution < -0.4 is 4.74 Å². The lowest BCUT2D eigenvalue weighted by Crippen LogP contribution is -2.14. The fourth-order valence-corrected chi connectivity index (χ4v) is 3.48. The van der Waals surface area contributed by atoms with Gasteiger partial charge in [0.25, 0.3) is 0 Å². The summed E-state index contributed by atoms with van der Waals surface area (Å²) in [7, 11) is 0. The van der Waals surface area contributed by atoms with Crippen molar-refractivity contribution in [1.29, 1.82) is 0 Å². The number of benzene rings is 3. The molecule has 0 spiro atoms. The van der Waals surface area contributed by atoms with E-state index < -0.39 is 11.9 Å². The maximum atomic E-state index is 11.9. The summed E-state index contributed by atoms with van der Waals surface area (Å²) in [4.78, 5) is 11.9. The number of hydrogen-bond donors (Lipinski definition) is 1. The van der Waals surface area contributed by atoms with E-state index in [2.05, 4.69) is 8.75 Å². The van der Waals surface area contributed by atoms with E-state index >= 15 is 0 Å². The highest BCUT2D eigenvalue weighted by Crippen LogP contribution is 2.27. The molecule has 0 amide bonds. The minimum atomic E-state index is -0.869. The Balaban J connectivity index is 1.58. The molecule has 3 aromatic carbocycles. The molecule has 0 radical (unpaired) electrons. The largest absolute Gasteiger partial charge is 0.481 e. The van der Waals surface area contributed by atoms with Gasteiger partial charge in [-0.3, -0.25) is 4.79 Å². The molecule has 134 valence electrons. The highest BCUT2D eigenvalue weighted by Gasteiger charge is 2.21. The molecule has 6 heteroatoms. The van der Waals surface area contributed by atoms with Crippen molar-refractivity contribution in [1.82, 2.24) is 8.75 Å². The van der Waals surface area contributed by atoms with Crippen LogP contribution in [0, 0.1) is 0 Å². The van der Waals surface area contributed by atoms with Crippen LogP contribution in [-0.2, 0) is 11.2 Å². The topological polar surface area (TPSA) is 72.3 Å². The van der Waals surface area contributed by atoms with E-state index in [-0.39, 0.29) is 0 Å². The van der Waals surface area contributed by atoms with Gasteiger partial charge in [-0.15, -0.1) is 0 Å². The first-order valence-corrected chi connectivity index (χ1v) is 9.19. The lowest BCUT2D eigenvalue weighted by molar-refractivity contribution is -0.138. The normalized spacial score (nSPS) is 12.0. The number of carboxylic acid groups (broad SMARTS) is 1. The van der Waals surface area contributed by atoms with Crippen molar-refractivity contribution in [2.75, 3.05) is 0 Å². The highest BCUT2D eigenvalue weighted by atomic mass is 32.1. The quantitative estimate of drug-likeness (QED) is 0.518. The zero-order chi connectivity index (χ0) is 18.6. The molecule has 0 bridgehead atoms. The van der Waals surface area contributed by atoms with E-state index in [9.17, 15) is 9.90 Å². The first kappa shape index (κ1) is 17.2. The van der Waals surface area contributed by atoms with E-state index in [1.165, 1.54) is 0 Å².